The molecule has 16 heavy (non-hydrogen) atoms. The van der Waals surface area contributed by atoms with E-state index >= 15 is 0 Å². The largest absolute Gasteiger partial charge is 0.211 e. The lowest BCUT2D eigenvalue weighted by Gasteiger charge is -2.18. The van der Waals surface area contributed by atoms with Crippen LogP contribution in [0.3, 0.4) is 0 Å². The molecule has 0 N–H and O–H groups in total. The zero-order valence-corrected chi connectivity index (χ0v) is 9.78. The Kier molecular flexibility index (Phi) is 2.23. The van der Waals surface area contributed by atoms with Crippen molar-refractivity contribution in [3.8, 4) is 11.1 Å². The molecule has 1 aliphatic rings. The quantitative estimate of drug-likeness (QED) is 0.672. The smallest absolute Gasteiger partial charge is 0.0760 e. The van der Waals surface area contributed by atoms with Gasteiger partial charge in [0.1, 0.15) is 0 Å². The van der Waals surface area contributed by atoms with E-state index in [4.69, 9.17) is 11.8 Å². The molecule has 2 aromatic carbocycles. The van der Waals surface area contributed by atoms with Crippen LogP contribution in [0, 0.1) is 0 Å². The molecule has 0 fully saturated rings. The number of rotatable bonds is 1. The molecule has 0 saturated carbocycles. The van der Waals surface area contributed by atoms with Crippen molar-refractivity contribution in [3.05, 3.63) is 59.7 Å². The maximum Gasteiger partial charge on any atom is 0.0760 e. The van der Waals surface area contributed by atoms with Crippen LogP contribution in [0.4, 0.5) is 0 Å². The number of hydrogen-bond donors (Lipinski definition) is 0. The van der Waals surface area contributed by atoms with E-state index in [9.17, 15) is 0 Å². The molecule has 0 aromatic heterocycles. The molecular formula is C14H12ClN. The fraction of sp³-hybridized carbons (Fsp3) is 0.143. The second-order valence-corrected chi connectivity index (χ2v) is 4.64. The number of hydrogen-bond acceptors (Lipinski definition) is 1. The van der Waals surface area contributed by atoms with E-state index in [1.54, 1.807) is 4.42 Å². The van der Waals surface area contributed by atoms with Crippen LogP contribution in [0.2, 0.25) is 0 Å². The third-order valence-corrected chi connectivity index (χ3v) is 3.35. The zero-order chi connectivity index (χ0) is 11.1. The summed E-state index contributed by atoms with van der Waals surface area (Å²) in [5.74, 6) is 0. The fourth-order valence-electron chi connectivity index (χ4n) is 2.51. The Morgan fingerprint density at radius 3 is 1.75 bits per heavy atom. The number of fused-ring (bicyclic) bond motifs is 3. The van der Waals surface area contributed by atoms with Crippen molar-refractivity contribution in [2.45, 2.75) is 6.04 Å². The van der Waals surface area contributed by atoms with E-state index in [0.717, 1.165) is 0 Å². The highest BCUT2D eigenvalue weighted by molar-refractivity contribution is 6.13. The molecule has 0 aliphatic heterocycles. The summed E-state index contributed by atoms with van der Waals surface area (Å²) in [5, 5.41) is 0. The molecule has 80 valence electrons. The molecule has 0 heterocycles. The zero-order valence-electron chi connectivity index (χ0n) is 9.02. The summed E-state index contributed by atoms with van der Waals surface area (Å²) in [7, 11) is 1.91. The number of halogens is 1. The van der Waals surface area contributed by atoms with Crippen LogP contribution in [0.15, 0.2) is 48.5 Å². The molecule has 0 amide bonds. The van der Waals surface area contributed by atoms with Crippen LogP contribution in [-0.4, -0.2) is 11.5 Å². The van der Waals surface area contributed by atoms with E-state index in [0.29, 0.717) is 0 Å². The molecule has 2 heteroatoms. The Balaban J connectivity index is 2.30. The molecular weight excluding hydrogens is 218 g/mol. The van der Waals surface area contributed by atoms with Gasteiger partial charge >= 0.3 is 0 Å². The van der Waals surface area contributed by atoms with Gasteiger partial charge in [0.25, 0.3) is 0 Å². The van der Waals surface area contributed by atoms with Crippen LogP contribution >= 0.6 is 11.8 Å². The summed E-state index contributed by atoms with van der Waals surface area (Å²) < 4.78 is 1.75. The molecule has 0 saturated heterocycles. The fourth-order valence-corrected chi connectivity index (χ4v) is 2.72. The van der Waals surface area contributed by atoms with Crippen molar-refractivity contribution >= 4 is 11.8 Å². The normalized spacial score (nSPS) is 13.9. The molecule has 1 aliphatic carbocycles. The third-order valence-electron chi connectivity index (χ3n) is 3.16. The molecule has 0 atom stereocenters. The minimum absolute atomic E-state index is 0.175. The van der Waals surface area contributed by atoms with Crippen molar-refractivity contribution in [3.63, 3.8) is 0 Å². The highest BCUT2D eigenvalue weighted by atomic mass is 35.5. The van der Waals surface area contributed by atoms with Gasteiger partial charge in [-0.15, -0.1) is 0 Å². The van der Waals surface area contributed by atoms with Gasteiger partial charge in [-0.05, 0) is 34.0 Å². The molecule has 0 spiro atoms. The van der Waals surface area contributed by atoms with E-state index < -0.39 is 0 Å². The molecule has 0 unspecified atom stereocenters. The Morgan fingerprint density at radius 1 is 0.875 bits per heavy atom. The van der Waals surface area contributed by atoms with Crippen LogP contribution < -0.4 is 0 Å². The Morgan fingerprint density at radius 2 is 1.31 bits per heavy atom. The predicted molar refractivity (Wildman–Crippen MR) is 67.3 cm³/mol. The van der Waals surface area contributed by atoms with Gasteiger partial charge in [-0.1, -0.05) is 48.5 Å². The molecule has 0 bridgehead atoms. The number of benzene rings is 2. The van der Waals surface area contributed by atoms with E-state index in [1.165, 1.54) is 22.3 Å². The van der Waals surface area contributed by atoms with Crippen molar-refractivity contribution < 1.29 is 0 Å². The monoisotopic (exact) mass is 229 g/mol. The summed E-state index contributed by atoms with van der Waals surface area (Å²) in [5.41, 5.74) is 5.19. The van der Waals surface area contributed by atoms with E-state index in [-0.39, 0.29) is 6.04 Å². The van der Waals surface area contributed by atoms with Crippen LogP contribution in [0.25, 0.3) is 11.1 Å². The molecule has 2 aromatic rings. The Bertz CT molecular complexity index is 488. The lowest BCUT2D eigenvalue weighted by atomic mass is 10.1. The first-order valence-corrected chi connectivity index (χ1v) is 5.69. The second-order valence-electron chi connectivity index (χ2n) is 4.10. The van der Waals surface area contributed by atoms with Crippen molar-refractivity contribution in [2.24, 2.45) is 0 Å². The molecule has 1 nitrogen and oxygen atoms in total. The van der Waals surface area contributed by atoms with Gasteiger partial charge in [-0.2, -0.15) is 0 Å². The summed E-state index contributed by atoms with van der Waals surface area (Å²) in [4.78, 5) is 0. The van der Waals surface area contributed by atoms with Crippen molar-refractivity contribution in [2.75, 3.05) is 7.05 Å². The SMILES string of the molecule is CN(Cl)C1c2ccccc2-c2ccccc21. The van der Waals surface area contributed by atoms with Gasteiger partial charge in [0.2, 0.25) is 0 Å². The van der Waals surface area contributed by atoms with E-state index in [2.05, 4.69) is 48.5 Å². The molecule has 0 radical (unpaired) electrons. The highest BCUT2D eigenvalue weighted by Gasteiger charge is 2.30. The average molecular weight is 230 g/mol. The second kappa shape index (κ2) is 3.62. The van der Waals surface area contributed by atoms with Crippen molar-refractivity contribution in [1.29, 1.82) is 0 Å². The van der Waals surface area contributed by atoms with Crippen LogP contribution in [0.1, 0.15) is 17.2 Å². The van der Waals surface area contributed by atoms with Gasteiger partial charge in [0.15, 0.2) is 0 Å². The van der Waals surface area contributed by atoms with Crippen LogP contribution in [-0.2, 0) is 0 Å². The summed E-state index contributed by atoms with van der Waals surface area (Å²) in [6.45, 7) is 0. The lowest BCUT2D eigenvalue weighted by Crippen LogP contribution is -2.13. The average Bonchev–Trinajstić information content (AvgIpc) is 2.63. The minimum Gasteiger partial charge on any atom is -0.211 e. The van der Waals surface area contributed by atoms with Gasteiger partial charge < -0.3 is 0 Å². The molecule has 3 rings (SSSR count). The van der Waals surface area contributed by atoms with Gasteiger partial charge in [0, 0.05) is 7.05 Å². The lowest BCUT2D eigenvalue weighted by molar-refractivity contribution is 0.473. The highest BCUT2D eigenvalue weighted by Crippen LogP contribution is 2.45. The van der Waals surface area contributed by atoms with Gasteiger partial charge in [-0.25, -0.2) is 4.42 Å². The first-order valence-electron chi connectivity index (χ1n) is 5.36. The van der Waals surface area contributed by atoms with Gasteiger partial charge in [-0.3, -0.25) is 0 Å². The standard InChI is InChI=1S/C14H12ClN/c1-16(15)14-12-8-4-2-6-10(12)11-7-3-5-9-13(11)14/h2-9,14H,1H3. The third kappa shape index (κ3) is 1.29. The topological polar surface area (TPSA) is 3.24 Å². The van der Waals surface area contributed by atoms with Crippen molar-refractivity contribution in [1.82, 2.24) is 4.42 Å². The first-order chi connectivity index (χ1) is 7.79. The first kappa shape index (κ1) is 9.88. The number of nitrogens with zero attached hydrogens (tertiary/aromatic N) is 1. The van der Waals surface area contributed by atoms with Gasteiger partial charge in [0.05, 0.1) is 6.04 Å². The summed E-state index contributed by atoms with van der Waals surface area (Å²) in [6.07, 6.45) is 0. The van der Waals surface area contributed by atoms with Crippen LogP contribution in [0.5, 0.6) is 0 Å². The Hall–Kier alpha value is -1.31. The maximum atomic E-state index is 6.17. The van der Waals surface area contributed by atoms with E-state index in [1.807, 2.05) is 7.05 Å². The maximum absolute atomic E-state index is 6.17. The summed E-state index contributed by atoms with van der Waals surface area (Å²) in [6, 6.07) is 17.1. The Labute approximate surface area is 100 Å². The minimum atomic E-state index is 0.175. The predicted octanol–water partition coefficient (Wildman–Crippen LogP) is 3.84. The summed E-state index contributed by atoms with van der Waals surface area (Å²) >= 11 is 6.17.